The minimum Gasteiger partial charge on any atom is -0.361 e. The normalized spacial score (nSPS) is 10.9. The zero-order valence-corrected chi connectivity index (χ0v) is 9.96. The van der Waals surface area contributed by atoms with Crippen LogP contribution in [0.4, 0.5) is 10.5 Å². The second-order valence-corrected chi connectivity index (χ2v) is 3.57. The Labute approximate surface area is 105 Å². The molecule has 1 atom stereocenters. The number of urea groups is 1. The van der Waals surface area contributed by atoms with E-state index in [9.17, 15) is 9.59 Å². The van der Waals surface area contributed by atoms with Crippen LogP contribution in [0.25, 0.3) is 5.53 Å². The molecule has 0 radical (unpaired) electrons. The molecule has 0 bridgehead atoms. The summed E-state index contributed by atoms with van der Waals surface area (Å²) in [7, 11) is 0. The van der Waals surface area contributed by atoms with Crippen LogP contribution in [0.2, 0.25) is 0 Å². The van der Waals surface area contributed by atoms with E-state index < -0.39 is 17.9 Å². The minimum absolute atomic E-state index is 0.410. The zero-order chi connectivity index (χ0) is 13.4. The number of Topliss-reactive ketones (excluding diaryl/α,β-unsaturated/α-hetero) is 1. The molecule has 0 aliphatic carbocycles. The first-order chi connectivity index (χ1) is 8.67. The maximum Gasteiger partial charge on any atom is 0.325 e. The molecule has 0 aromatic heterocycles. The summed E-state index contributed by atoms with van der Waals surface area (Å²) < 4.78 is 0. The van der Waals surface area contributed by atoms with Crippen LogP contribution in [0, 0.1) is 0 Å². The van der Waals surface area contributed by atoms with Crippen LogP contribution in [0.1, 0.15) is 13.3 Å². The first kappa shape index (κ1) is 13.6. The molecule has 0 aliphatic heterocycles. The standard InChI is InChI=1S/C12H14N4O2/c1-2-10(11(17)8-14-13)16-12(18)15-9-6-4-3-5-7-9/h3-8,10H,2H2,1H3,(H2,15,16,18)/t10-/m1/s1. The van der Waals surface area contributed by atoms with Gasteiger partial charge in [0.05, 0.1) is 0 Å². The molecule has 0 spiro atoms. The molecule has 1 rings (SSSR count). The monoisotopic (exact) mass is 246 g/mol. The topological polar surface area (TPSA) is 94.6 Å². The van der Waals surface area contributed by atoms with Gasteiger partial charge < -0.3 is 16.2 Å². The summed E-state index contributed by atoms with van der Waals surface area (Å²) in [6.45, 7) is 1.75. The van der Waals surface area contributed by atoms with E-state index in [2.05, 4.69) is 15.4 Å². The highest BCUT2D eigenvalue weighted by Crippen LogP contribution is 2.04. The van der Waals surface area contributed by atoms with Gasteiger partial charge in [0.2, 0.25) is 0 Å². The molecule has 94 valence electrons. The molecule has 0 fully saturated rings. The molecule has 18 heavy (non-hydrogen) atoms. The number of ketones is 1. The summed E-state index contributed by atoms with van der Waals surface area (Å²) in [5.74, 6) is -0.455. The van der Waals surface area contributed by atoms with Gasteiger partial charge in [-0.15, -0.1) is 0 Å². The van der Waals surface area contributed by atoms with E-state index in [1.807, 2.05) is 6.07 Å². The fourth-order valence-electron chi connectivity index (χ4n) is 1.37. The van der Waals surface area contributed by atoms with E-state index in [0.29, 0.717) is 12.1 Å². The zero-order valence-electron chi connectivity index (χ0n) is 9.96. The quantitative estimate of drug-likeness (QED) is 0.467. The number of para-hydroxylation sites is 1. The minimum atomic E-state index is -0.704. The number of hydrogen-bond acceptors (Lipinski definition) is 2. The maximum absolute atomic E-state index is 11.6. The Kier molecular flexibility index (Phi) is 5.28. The van der Waals surface area contributed by atoms with Gasteiger partial charge in [0.1, 0.15) is 6.04 Å². The second-order valence-electron chi connectivity index (χ2n) is 3.57. The predicted molar refractivity (Wildman–Crippen MR) is 67.4 cm³/mol. The van der Waals surface area contributed by atoms with Crippen molar-refractivity contribution < 1.29 is 14.4 Å². The molecule has 1 aromatic carbocycles. The van der Waals surface area contributed by atoms with Gasteiger partial charge in [-0.3, -0.25) is 4.79 Å². The van der Waals surface area contributed by atoms with E-state index in [1.165, 1.54) is 0 Å². The van der Waals surface area contributed by atoms with Gasteiger partial charge in [-0.05, 0) is 18.6 Å². The van der Waals surface area contributed by atoms with Gasteiger partial charge in [-0.1, -0.05) is 25.1 Å². The van der Waals surface area contributed by atoms with Gasteiger partial charge in [-0.2, -0.15) is 4.79 Å². The Balaban J connectivity index is 2.58. The molecule has 1 aromatic rings. The number of hydrogen-bond donors (Lipinski definition) is 2. The number of rotatable bonds is 5. The third-order valence-electron chi connectivity index (χ3n) is 2.27. The van der Waals surface area contributed by atoms with Crippen molar-refractivity contribution in [1.29, 1.82) is 0 Å². The number of amides is 2. The highest BCUT2D eigenvalue weighted by molar-refractivity contribution is 6.28. The van der Waals surface area contributed by atoms with Crippen molar-refractivity contribution in [3.63, 3.8) is 0 Å². The summed E-state index contributed by atoms with van der Waals surface area (Å²) in [5, 5.41) is 5.09. The molecule has 0 heterocycles. The van der Waals surface area contributed by atoms with Crippen molar-refractivity contribution in [2.24, 2.45) is 0 Å². The third kappa shape index (κ3) is 4.19. The van der Waals surface area contributed by atoms with Crippen molar-refractivity contribution in [2.45, 2.75) is 19.4 Å². The molecule has 0 saturated heterocycles. The van der Waals surface area contributed by atoms with Crippen LogP contribution < -0.4 is 10.6 Å². The lowest BCUT2D eigenvalue weighted by atomic mass is 10.1. The fourth-order valence-corrected chi connectivity index (χ4v) is 1.37. The number of nitrogens with one attached hydrogen (secondary N) is 2. The summed E-state index contributed by atoms with van der Waals surface area (Å²) >= 11 is 0. The van der Waals surface area contributed by atoms with Gasteiger partial charge in [0.15, 0.2) is 0 Å². The Bertz CT molecular complexity index is 466. The van der Waals surface area contributed by atoms with Crippen LogP contribution in [0.15, 0.2) is 30.3 Å². The SMILES string of the molecule is CC[C@@H](NC(=O)Nc1ccccc1)C(=O)C=[N+]=[N-]. The smallest absolute Gasteiger partial charge is 0.325 e. The molecule has 6 nitrogen and oxygen atoms in total. The fraction of sp³-hybridized carbons (Fsp3) is 0.250. The summed E-state index contributed by atoms with van der Waals surface area (Å²) in [4.78, 5) is 25.7. The van der Waals surface area contributed by atoms with Crippen LogP contribution in [-0.4, -0.2) is 28.9 Å². The highest BCUT2D eigenvalue weighted by atomic mass is 16.2. The summed E-state index contributed by atoms with van der Waals surface area (Å²) in [6, 6.07) is 7.69. The Hall–Kier alpha value is -2.46. The maximum atomic E-state index is 11.6. The molecule has 2 amide bonds. The van der Waals surface area contributed by atoms with E-state index in [4.69, 9.17) is 5.53 Å². The predicted octanol–water partition coefficient (Wildman–Crippen LogP) is 1.46. The van der Waals surface area contributed by atoms with Gasteiger partial charge in [0, 0.05) is 5.69 Å². The van der Waals surface area contributed by atoms with Crippen LogP contribution in [0.3, 0.4) is 0 Å². The van der Waals surface area contributed by atoms with E-state index in [-0.39, 0.29) is 0 Å². The first-order valence-corrected chi connectivity index (χ1v) is 5.51. The van der Waals surface area contributed by atoms with Crippen LogP contribution >= 0.6 is 0 Å². The molecule has 0 saturated carbocycles. The average molecular weight is 246 g/mol. The average Bonchev–Trinajstić information content (AvgIpc) is 2.37. The number of benzene rings is 1. The van der Waals surface area contributed by atoms with Gasteiger partial charge in [0.25, 0.3) is 5.78 Å². The lowest BCUT2D eigenvalue weighted by Gasteiger charge is -2.13. The Morgan fingerprint density at radius 1 is 1.39 bits per heavy atom. The molecular formula is C12H14N4O2. The van der Waals surface area contributed by atoms with Crippen molar-refractivity contribution >= 4 is 23.7 Å². The van der Waals surface area contributed by atoms with Crippen LogP contribution in [0.5, 0.6) is 0 Å². The van der Waals surface area contributed by atoms with E-state index in [1.54, 1.807) is 31.2 Å². The summed E-state index contributed by atoms with van der Waals surface area (Å²) in [5.41, 5.74) is 8.90. The van der Waals surface area contributed by atoms with Crippen molar-refractivity contribution in [2.75, 3.05) is 5.32 Å². The molecular weight excluding hydrogens is 232 g/mol. The van der Waals surface area contributed by atoms with Crippen molar-refractivity contribution in [3.8, 4) is 0 Å². The van der Waals surface area contributed by atoms with Gasteiger partial charge >= 0.3 is 12.2 Å². The Morgan fingerprint density at radius 3 is 2.61 bits per heavy atom. The molecule has 6 heteroatoms. The number of carbonyl (C=O) groups is 2. The number of nitrogens with zero attached hydrogens (tertiary/aromatic N) is 2. The van der Waals surface area contributed by atoms with E-state index >= 15 is 0 Å². The number of anilines is 1. The van der Waals surface area contributed by atoms with Gasteiger partial charge in [-0.25, -0.2) is 4.79 Å². The lowest BCUT2D eigenvalue weighted by Crippen LogP contribution is -2.43. The third-order valence-corrected chi connectivity index (χ3v) is 2.27. The lowest BCUT2D eigenvalue weighted by molar-refractivity contribution is -0.117. The molecule has 0 aliphatic rings. The molecule has 2 N–H and O–H groups in total. The second kappa shape index (κ2) is 6.98. The number of carbonyl (C=O) groups excluding carboxylic acids is 2. The van der Waals surface area contributed by atoms with Crippen LogP contribution in [-0.2, 0) is 4.79 Å². The van der Waals surface area contributed by atoms with E-state index in [0.717, 1.165) is 6.21 Å². The first-order valence-electron chi connectivity index (χ1n) is 5.51. The highest BCUT2D eigenvalue weighted by Gasteiger charge is 2.19. The largest absolute Gasteiger partial charge is 0.361 e. The molecule has 0 unspecified atom stereocenters. The Morgan fingerprint density at radius 2 is 2.06 bits per heavy atom. The summed E-state index contributed by atoms with van der Waals surface area (Å²) in [6.07, 6.45) is 1.18. The van der Waals surface area contributed by atoms with Crippen molar-refractivity contribution in [1.82, 2.24) is 5.32 Å². The van der Waals surface area contributed by atoms with Crippen molar-refractivity contribution in [3.05, 3.63) is 35.9 Å².